The van der Waals surface area contributed by atoms with Crippen molar-refractivity contribution in [2.45, 2.75) is 4.90 Å². The zero-order chi connectivity index (χ0) is 30.0. The zero-order valence-electron chi connectivity index (χ0n) is 24.5. The van der Waals surface area contributed by atoms with E-state index in [2.05, 4.69) is 11.4 Å². The van der Waals surface area contributed by atoms with Crippen LogP contribution >= 0.6 is 0 Å². The van der Waals surface area contributed by atoms with Gasteiger partial charge in [0.1, 0.15) is 5.57 Å². The number of hydrogen-bond donors (Lipinski definition) is 1. The van der Waals surface area contributed by atoms with Gasteiger partial charge in [0.05, 0.1) is 21.5 Å². The molecule has 4 aromatic carbocycles. The Balaban J connectivity index is 0.00000264. The van der Waals surface area contributed by atoms with E-state index in [0.29, 0.717) is 22.6 Å². The Bertz CT molecular complexity index is 1780. The van der Waals surface area contributed by atoms with Crippen LogP contribution < -0.4 is 123 Å². The van der Waals surface area contributed by atoms with Gasteiger partial charge >= 0.3 is 103 Å². The minimum Gasteiger partial charge on any atom is -0.754 e. The van der Waals surface area contributed by atoms with Crippen LogP contribution in [0.2, 0.25) is 0 Å². The largest absolute Gasteiger partial charge is 1.00 e. The number of hydrogen-bond acceptors (Lipinski definition) is 7. The van der Waals surface area contributed by atoms with Crippen molar-refractivity contribution in [3.63, 3.8) is 0 Å². The maximum atomic E-state index is 13.8. The molecule has 0 aromatic heterocycles. The average Bonchev–Trinajstić information content (AvgIpc) is 3.23. The van der Waals surface area contributed by atoms with Gasteiger partial charge in [-0.15, -0.1) is 6.07 Å². The van der Waals surface area contributed by atoms with Gasteiger partial charge in [-0.25, -0.2) is 10.0 Å². The molecule has 0 aliphatic carbocycles. The maximum Gasteiger partial charge on any atom is 1.00 e. The molecule has 1 aliphatic rings. The number of amides is 3. The summed E-state index contributed by atoms with van der Waals surface area (Å²) in [4.78, 5) is 41.9. The van der Waals surface area contributed by atoms with Gasteiger partial charge in [-0.1, -0.05) is 52.9 Å². The Morgan fingerprint density at radius 1 is 0.841 bits per heavy atom. The van der Waals surface area contributed by atoms with Crippen molar-refractivity contribution >= 4 is 56.7 Å². The summed E-state index contributed by atoms with van der Waals surface area (Å²) in [6.45, 7) is 0. The molecule has 1 saturated heterocycles. The number of anilines is 4. The second-order valence-corrected chi connectivity index (χ2v) is 10.9. The van der Waals surface area contributed by atoms with Crippen molar-refractivity contribution in [2.75, 3.05) is 34.3 Å². The number of carbonyl (C=O) groups is 3. The molecule has 212 valence electrons. The van der Waals surface area contributed by atoms with E-state index < -0.39 is 32.7 Å². The second-order valence-electron chi connectivity index (χ2n) is 9.49. The van der Waals surface area contributed by atoms with Crippen molar-refractivity contribution in [1.82, 2.24) is 0 Å². The second kappa shape index (κ2) is 15.5. The molecule has 1 aliphatic heterocycles. The Hall–Kier alpha value is -1.99. The SMILES string of the molecule is CN(C)c1ccc(C=C2C(=O)N(c3ccccc3)N(c3ccccc3)C2=O)c(NC(=O)c2c[c-]cc(S(=O)(=O)[O-])c2)c1.[K+].[K+]. The zero-order valence-corrected chi connectivity index (χ0v) is 31.6. The number of nitrogens with zero attached hydrogens (tertiary/aromatic N) is 3. The third-order valence-electron chi connectivity index (χ3n) is 6.46. The topological polar surface area (TPSA) is 130 Å². The van der Waals surface area contributed by atoms with E-state index in [9.17, 15) is 27.4 Å². The summed E-state index contributed by atoms with van der Waals surface area (Å²) >= 11 is 0. The third kappa shape index (κ3) is 8.04. The summed E-state index contributed by atoms with van der Waals surface area (Å²) < 4.78 is 34.4. The molecule has 0 radical (unpaired) electrons. The van der Waals surface area contributed by atoms with Crippen molar-refractivity contribution < 1.29 is 130 Å². The number of benzene rings is 4. The summed E-state index contributed by atoms with van der Waals surface area (Å²) in [5.74, 6) is -1.84. The molecule has 0 spiro atoms. The van der Waals surface area contributed by atoms with Gasteiger partial charge in [0.2, 0.25) is 0 Å². The van der Waals surface area contributed by atoms with Crippen LogP contribution in [-0.4, -0.2) is 44.8 Å². The van der Waals surface area contributed by atoms with Crippen molar-refractivity contribution in [2.24, 2.45) is 0 Å². The van der Waals surface area contributed by atoms with Crippen LogP contribution in [0.4, 0.5) is 22.7 Å². The van der Waals surface area contributed by atoms with Crippen molar-refractivity contribution in [1.29, 1.82) is 0 Å². The van der Waals surface area contributed by atoms with Gasteiger partial charge in [0.25, 0.3) is 11.8 Å². The van der Waals surface area contributed by atoms with Gasteiger partial charge in [-0.05, 0) is 48.0 Å². The first-order valence-electron chi connectivity index (χ1n) is 12.6. The summed E-state index contributed by atoms with van der Waals surface area (Å²) in [5, 5.41) is 5.30. The van der Waals surface area contributed by atoms with Crippen LogP contribution in [0, 0.1) is 6.07 Å². The fourth-order valence-corrected chi connectivity index (χ4v) is 4.84. The normalized spacial score (nSPS) is 12.8. The fourth-order valence-electron chi connectivity index (χ4n) is 4.36. The molecule has 1 fully saturated rings. The van der Waals surface area contributed by atoms with Gasteiger partial charge in [0.15, 0.2) is 5.91 Å². The van der Waals surface area contributed by atoms with Crippen LogP contribution in [0.1, 0.15) is 15.9 Å². The Morgan fingerprint density at radius 3 is 1.89 bits per heavy atom. The first kappa shape index (κ1) is 36.5. The van der Waals surface area contributed by atoms with Crippen LogP contribution in [-0.2, 0) is 19.7 Å². The van der Waals surface area contributed by atoms with Crippen molar-refractivity contribution in [3.8, 4) is 0 Å². The van der Waals surface area contributed by atoms with E-state index in [1.807, 2.05) is 0 Å². The van der Waals surface area contributed by atoms with E-state index in [4.69, 9.17) is 0 Å². The number of rotatable bonds is 7. The average molecular weight is 659 g/mol. The number of carbonyl (C=O) groups excluding carboxylic acids is 3. The molecule has 13 heteroatoms. The van der Waals surface area contributed by atoms with Crippen LogP contribution in [0.5, 0.6) is 0 Å². The molecule has 0 saturated carbocycles. The molecule has 5 rings (SSSR count). The van der Waals surface area contributed by atoms with E-state index in [1.165, 1.54) is 22.2 Å². The first-order valence-corrected chi connectivity index (χ1v) is 14.1. The fraction of sp³-hybridized carbons (Fsp3) is 0.0645. The molecule has 0 unspecified atom stereocenters. The predicted octanol–water partition coefficient (Wildman–Crippen LogP) is -1.90. The molecular weight excluding hydrogens is 635 g/mol. The minimum absolute atomic E-state index is 0. The molecule has 44 heavy (non-hydrogen) atoms. The Morgan fingerprint density at radius 2 is 1.39 bits per heavy atom. The molecule has 0 atom stereocenters. The van der Waals surface area contributed by atoms with E-state index in [-0.39, 0.29) is 120 Å². The maximum absolute atomic E-state index is 13.8. The predicted molar refractivity (Wildman–Crippen MR) is 158 cm³/mol. The molecule has 3 amide bonds. The number of nitrogens with one attached hydrogen (secondary N) is 1. The van der Waals surface area contributed by atoms with E-state index in [1.54, 1.807) is 97.9 Å². The summed E-state index contributed by atoms with van der Waals surface area (Å²) in [5.41, 5.74) is 2.04. The summed E-state index contributed by atoms with van der Waals surface area (Å²) in [6.07, 6.45) is 1.41. The molecule has 10 nitrogen and oxygen atoms in total. The smallest absolute Gasteiger partial charge is 0.754 e. The summed E-state index contributed by atoms with van der Waals surface area (Å²) in [6, 6.07) is 28.3. The van der Waals surface area contributed by atoms with E-state index in [0.717, 1.165) is 12.1 Å². The minimum atomic E-state index is -4.80. The molecule has 1 N–H and O–H groups in total. The standard InChI is InChI=1S/C31H25N4O6S.2K/c1-33(2)25-17-16-21(28(20-25)32-29(36)22-10-9-15-26(18-22)42(39,40)41)19-27-30(37)34(23-11-5-3-6-12-23)35(31(27)38)24-13-7-4-8-14-24;;/h3-8,10-20H,1-2H3,(H,32,36)(H,39,40,41);;/q-1;2*+1/p-1. The number of para-hydroxylation sites is 2. The van der Waals surface area contributed by atoms with E-state index >= 15 is 0 Å². The van der Waals surface area contributed by atoms with Crippen LogP contribution in [0.3, 0.4) is 0 Å². The van der Waals surface area contributed by atoms with Gasteiger partial charge in [-0.3, -0.25) is 22.8 Å². The molecule has 0 bridgehead atoms. The first-order chi connectivity index (χ1) is 20.0. The van der Waals surface area contributed by atoms with Crippen molar-refractivity contribution in [3.05, 3.63) is 120 Å². The van der Waals surface area contributed by atoms with Gasteiger partial charge in [0, 0.05) is 25.5 Å². The van der Waals surface area contributed by atoms with Crippen LogP contribution in [0.25, 0.3) is 6.08 Å². The molecular formula is C31H24K2N4O6S. The number of hydrazine groups is 1. The van der Waals surface area contributed by atoms with Gasteiger partial charge < -0.3 is 14.8 Å². The molecule has 1 heterocycles. The Kier molecular flexibility index (Phi) is 12.9. The van der Waals surface area contributed by atoms with Crippen LogP contribution in [0.15, 0.2) is 108 Å². The molecule has 4 aromatic rings. The quantitative estimate of drug-likeness (QED) is 0.0808. The monoisotopic (exact) mass is 658 g/mol. The Labute approximate surface area is 340 Å². The summed E-state index contributed by atoms with van der Waals surface area (Å²) in [7, 11) is -1.20. The third-order valence-corrected chi connectivity index (χ3v) is 7.27. The van der Waals surface area contributed by atoms with Gasteiger partial charge in [-0.2, -0.15) is 18.2 Å².